The van der Waals surface area contributed by atoms with Gasteiger partial charge in [0.2, 0.25) is 0 Å². The number of halogens is 1. The molecule has 4 atom stereocenters. The highest BCUT2D eigenvalue weighted by Crippen LogP contribution is 2.33. The molecule has 7 heteroatoms. The van der Waals surface area contributed by atoms with Gasteiger partial charge < -0.3 is 19.0 Å². The molecule has 1 aliphatic rings. The van der Waals surface area contributed by atoms with Crippen LogP contribution in [0.15, 0.2) is 5.16 Å². The molecule has 0 spiro atoms. The molecule has 0 radical (unpaired) electrons. The van der Waals surface area contributed by atoms with Crippen molar-refractivity contribution in [2.24, 2.45) is 10.6 Å². The summed E-state index contributed by atoms with van der Waals surface area (Å²) in [6.07, 6.45) is 0.218. The first-order chi connectivity index (χ1) is 9.98. The Kier molecular flexibility index (Phi) is 6.64. The summed E-state index contributed by atoms with van der Waals surface area (Å²) in [4.78, 5) is 17.0. The molecule has 0 amide bonds. The van der Waals surface area contributed by atoms with Gasteiger partial charge in [0, 0.05) is 3.92 Å². The molecule has 1 heterocycles. The average molecular weight is 427 g/mol. The summed E-state index contributed by atoms with van der Waals surface area (Å²) in [5, 5.41) is 3.77. The van der Waals surface area contributed by atoms with Crippen LogP contribution in [0.1, 0.15) is 41.5 Å². The Labute approximate surface area is 146 Å². The van der Waals surface area contributed by atoms with Crippen molar-refractivity contribution in [3.8, 4) is 0 Å². The molecule has 0 aromatic rings. The van der Waals surface area contributed by atoms with E-state index in [1.54, 1.807) is 0 Å². The van der Waals surface area contributed by atoms with E-state index >= 15 is 0 Å². The number of carbonyl (C=O) groups excluding carboxylic acids is 1. The molecule has 0 aliphatic carbocycles. The molecule has 0 saturated carbocycles. The predicted molar refractivity (Wildman–Crippen MR) is 92.1 cm³/mol. The smallest absolute Gasteiger partial charge is 0.311 e. The maximum Gasteiger partial charge on any atom is 0.311 e. The van der Waals surface area contributed by atoms with Crippen LogP contribution < -0.4 is 0 Å². The lowest BCUT2D eigenvalue weighted by Gasteiger charge is -2.30. The van der Waals surface area contributed by atoms with Crippen LogP contribution in [0.2, 0.25) is 0 Å². The van der Waals surface area contributed by atoms with Gasteiger partial charge in [0.05, 0.1) is 11.6 Å². The maximum atomic E-state index is 12.2. The van der Waals surface area contributed by atoms with Crippen molar-refractivity contribution in [1.82, 2.24) is 0 Å². The summed E-state index contributed by atoms with van der Waals surface area (Å²) in [6.45, 7) is 11.1. The molecule has 0 unspecified atom stereocenters. The van der Waals surface area contributed by atoms with Gasteiger partial charge in [-0.05, 0) is 41.5 Å². The van der Waals surface area contributed by atoms with Crippen LogP contribution in [0.4, 0.5) is 0 Å². The number of esters is 1. The normalized spacial score (nSPS) is 27.6. The van der Waals surface area contributed by atoms with Crippen LogP contribution in [-0.4, -0.2) is 47.3 Å². The SMILES string of the molecule is CO/N=C/[C@@H]1OC(C)(C)O[C@@H]1[C@@H](OC(=O)C(C)(C)C)[C@@H](C)I. The average Bonchev–Trinajstić information content (AvgIpc) is 2.66. The van der Waals surface area contributed by atoms with E-state index in [0.717, 1.165) is 0 Å². The summed E-state index contributed by atoms with van der Waals surface area (Å²) in [5.74, 6) is -1.04. The van der Waals surface area contributed by atoms with Crippen LogP contribution >= 0.6 is 22.6 Å². The van der Waals surface area contributed by atoms with Gasteiger partial charge in [-0.25, -0.2) is 0 Å². The zero-order valence-electron chi connectivity index (χ0n) is 14.3. The van der Waals surface area contributed by atoms with Crippen molar-refractivity contribution in [2.45, 2.75) is 69.6 Å². The highest BCUT2D eigenvalue weighted by atomic mass is 127. The Morgan fingerprint density at radius 1 is 1.36 bits per heavy atom. The number of carbonyl (C=O) groups is 1. The third-order valence-electron chi connectivity index (χ3n) is 3.11. The lowest BCUT2D eigenvalue weighted by atomic mass is 9.97. The fraction of sp³-hybridized carbons (Fsp3) is 0.867. The highest BCUT2D eigenvalue weighted by Gasteiger charge is 2.48. The van der Waals surface area contributed by atoms with Gasteiger partial charge >= 0.3 is 5.97 Å². The fourth-order valence-corrected chi connectivity index (χ4v) is 2.59. The van der Waals surface area contributed by atoms with Gasteiger partial charge in [0.15, 0.2) is 5.79 Å². The van der Waals surface area contributed by atoms with Crippen LogP contribution in [0.3, 0.4) is 0 Å². The first kappa shape index (κ1) is 19.6. The van der Waals surface area contributed by atoms with Crippen molar-refractivity contribution in [3.05, 3.63) is 0 Å². The molecule has 0 aromatic heterocycles. The van der Waals surface area contributed by atoms with Crippen LogP contribution in [0.5, 0.6) is 0 Å². The van der Waals surface area contributed by atoms with Crippen molar-refractivity contribution in [2.75, 3.05) is 7.11 Å². The molecule has 0 bridgehead atoms. The third kappa shape index (κ3) is 5.34. The number of nitrogens with zero attached hydrogens (tertiary/aromatic N) is 1. The van der Waals surface area contributed by atoms with Crippen molar-refractivity contribution in [3.63, 3.8) is 0 Å². The van der Waals surface area contributed by atoms with E-state index in [1.165, 1.54) is 13.3 Å². The summed E-state index contributed by atoms with van der Waals surface area (Å²) in [7, 11) is 1.46. The quantitative estimate of drug-likeness (QED) is 0.222. The van der Waals surface area contributed by atoms with Gasteiger partial charge in [-0.1, -0.05) is 27.7 Å². The summed E-state index contributed by atoms with van der Waals surface area (Å²) >= 11 is 2.23. The molecular formula is C15H26INO5. The second-order valence-corrected chi connectivity index (χ2v) is 8.76. The Balaban J connectivity index is 2.97. The van der Waals surface area contributed by atoms with Gasteiger partial charge in [0.25, 0.3) is 0 Å². The lowest BCUT2D eigenvalue weighted by Crippen LogP contribution is -2.45. The van der Waals surface area contributed by atoms with E-state index in [4.69, 9.17) is 19.0 Å². The molecule has 1 fully saturated rings. The Bertz CT molecular complexity index is 417. The minimum Gasteiger partial charge on any atom is -0.458 e. The summed E-state index contributed by atoms with van der Waals surface area (Å²) in [6, 6.07) is 0. The molecule has 1 saturated heterocycles. The minimum absolute atomic E-state index is 0.0462. The molecule has 0 aromatic carbocycles. The zero-order valence-corrected chi connectivity index (χ0v) is 16.4. The van der Waals surface area contributed by atoms with Crippen molar-refractivity contribution >= 4 is 34.8 Å². The highest BCUT2D eigenvalue weighted by molar-refractivity contribution is 14.1. The zero-order chi connectivity index (χ0) is 17.1. The number of rotatable bonds is 5. The molecule has 6 nitrogen and oxygen atoms in total. The van der Waals surface area contributed by atoms with Crippen LogP contribution in [0, 0.1) is 5.41 Å². The molecule has 1 rings (SSSR count). The number of hydrogen-bond acceptors (Lipinski definition) is 6. The molecule has 0 N–H and O–H groups in total. The summed E-state index contributed by atoms with van der Waals surface area (Å²) < 4.78 is 17.5. The topological polar surface area (TPSA) is 66.3 Å². The van der Waals surface area contributed by atoms with E-state index in [-0.39, 0.29) is 9.89 Å². The van der Waals surface area contributed by atoms with Crippen LogP contribution in [0.25, 0.3) is 0 Å². The number of hydrogen-bond donors (Lipinski definition) is 0. The number of oxime groups is 1. The monoisotopic (exact) mass is 427 g/mol. The van der Waals surface area contributed by atoms with E-state index in [9.17, 15) is 4.79 Å². The first-order valence-corrected chi connectivity index (χ1v) is 8.50. The molecular weight excluding hydrogens is 401 g/mol. The summed E-state index contributed by atoms with van der Waals surface area (Å²) in [5.41, 5.74) is -0.575. The Hall–Kier alpha value is -0.410. The largest absolute Gasteiger partial charge is 0.458 e. The second-order valence-electron chi connectivity index (χ2n) is 6.80. The molecule has 1 aliphatic heterocycles. The van der Waals surface area contributed by atoms with Crippen molar-refractivity contribution in [1.29, 1.82) is 0 Å². The van der Waals surface area contributed by atoms with Gasteiger partial charge in [-0.15, -0.1) is 0 Å². The third-order valence-corrected chi connectivity index (χ3v) is 3.82. The van der Waals surface area contributed by atoms with Gasteiger partial charge in [0.1, 0.15) is 25.4 Å². The fourth-order valence-electron chi connectivity index (χ4n) is 2.03. The van der Waals surface area contributed by atoms with Crippen molar-refractivity contribution < 1.29 is 23.8 Å². The first-order valence-electron chi connectivity index (χ1n) is 7.25. The number of alkyl halides is 1. The molecule has 128 valence electrons. The van der Waals surface area contributed by atoms with Gasteiger partial charge in [-0.3, -0.25) is 4.79 Å². The maximum absolute atomic E-state index is 12.2. The van der Waals surface area contributed by atoms with E-state index in [2.05, 4.69) is 27.7 Å². The van der Waals surface area contributed by atoms with Crippen LogP contribution in [-0.2, 0) is 23.8 Å². The predicted octanol–water partition coefficient (Wildman–Crippen LogP) is 2.92. The molecule has 22 heavy (non-hydrogen) atoms. The number of ether oxygens (including phenoxy) is 3. The van der Waals surface area contributed by atoms with Gasteiger partial charge in [-0.2, -0.15) is 0 Å². The minimum atomic E-state index is -0.771. The Morgan fingerprint density at radius 2 is 1.95 bits per heavy atom. The lowest BCUT2D eigenvalue weighted by molar-refractivity contribution is -0.176. The van der Waals surface area contributed by atoms with E-state index < -0.39 is 29.5 Å². The Morgan fingerprint density at radius 3 is 2.41 bits per heavy atom. The second kappa shape index (κ2) is 7.44. The van der Waals surface area contributed by atoms with E-state index in [0.29, 0.717) is 0 Å². The van der Waals surface area contributed by atoms with E-state index in [1.807, 2.05) is 41.5 Å². The standard InChI is InChI=1S/C15H26INO5/c1-9(16)11(20-13(18)14(2,3)4)12-10(8-17-19-7)21-15(5,6)22-12/h8-12H,1-7H3/b17-8+/t9-,10+,11+,12+/m1/s1.